The third-order valence-electron chi connectivity index (χ3n) is 4.58. The Hall–Kier alpha value is -2.35. The zero-order valence-corrected chi connectivity index (χ0v) is 18.7. The highest BCUT2D eigenvalue weighted by molar-refractivity contribution is 6.06. The first kappa shape index (κ1) is 24.7. The fraction of sp³-hybridized carbons (Fsp3) is 0.667. The Kier molecular flexibility index (Phi) is 9.88. The van der Waals surface area contributed by atoms with Crippen molar-refractivity contribution >= 4 is 17.8 Å². The van der Waals surface area contributed by atoms with Gasteiger partial charge in [-0.2, -0.15) is 0 Å². The number of hydrogen-bond donors (Lipinski definition) is 2. The molecule has 0 saturated heterocycles. The largest absolute Gasteiger partial charge is 0.461 e. The van der Waals surface area contributed by atoms with Gasteiger partial charge in [0.1, 0.15) is 5.69 Å². The number of ketones is 1. The number of amides is 2. The SMILES string of the molecule is CCOCCCN(C(=O)NC(C)C)C(C)C(=O)c1c(C)[nH]c(C(=O)OCC)c1C. The normalized spacial score (nSPS) is 12.0. The van der Waals surface area contributed by atoms with Crippen molar-refractivity contribution in [3.05, 3.63) is 22.5 Å². The molecule has 2 amide bonds. The van der Waals surface area contributed by atoms with E-state index in [0.717, 1.165) is 0 Å². The van der Waals surface area contributed by atoms with E-state index in [-0.39, 0.29) is 30.2 Å². The molecule has 0 fully saturated rings. The van der Waals surface area contributed by atoms with Crippen LogP contribution in [0, 0.1) is 13.8 Å². The van der Waals surface area contributed by atoms with Gasteiger partial charge in [0.15, 0.2) is 5.78 Å². The average molecular weight is 410 g/mol. The summed E-state index contributed by atoms with van der Waals surface area (Å²) in [4.78, 5) is 42.6. The van der Waals surface area contributed by atoms with Gasteiger partial charge in [-0.25, -0.2) is 9.59 Å². The van der Waals surface area contributed by atoms with Gasteiger partial charge in [-0.1, -0.05) is 0 Å². The molecule has 1 atom stereocenters. The van der Waals surface area contributed by atoms with Crippen LogP contribution >= 0.6 is 0 Å². The van der Waals surface area contributed by atoms with Crippen molar-refractivity contribution in [2.45, 2.75) is 67.0 Å². The molecule has 0 spiro atoms. The first-order valence-electron chi connectivity index (χ1n) is 10.2. The van der Waals surface area contributed by atoms with Crippen LogP contribution in [0.2, 0.25) is 0 Å². The predicted molar refractivity (Wildman–Crippen MR) is 111 cm³/mol. The number of urea groups is 1. The van der Waals surface area contributed by atoms with E-state index in [2.05, 4.69) is 10.3 Å². The van der Waals surface area contributed by atoms with Crippen LogP contribution in [0.5, 0.6) is 0 Å². The molecule has 1 rings (SSSR count). The molecular weight excluding hydrogens is 374 g/mol. The van der Waals surface area contributed by atoms with Crippen molar-refractivity contribution in [2.24, 2.45) is 0 Å². The zero-order chi connectivity index (χ0) is 22.1. The summed E-state index contributed by atoms with van der Waals surface area (Å²) in [7, 11) is 0. The number of nitrogens with zero attached hydrogens (tertiary/aromatic N) is 1. The van der Waals surface area contributed by atoms with Gasteiger partial charge in [0.25, 0.3) is 0 Å². The number of carbonyl (C=O) groups is 3. The molecule has 0 aromatic carbocycles. The van der Waals surface area contributed by atoms with Gasteiger partial charge < -0.3 is 24.7 Å². The lowest BCUT2D eigenvalue weighted by Gasteiger charge is -2.29. The van der Waals surface area contributed by atoms with Gasteiger partial charge in [-0.3, -0.25) is 4.79 Å². The molecule has 8 nitrogen and oxygen atoms in total. The van der Waals surface area contributed by atoms with Gasteiger partial charge >= 0.3 is 12.0 Å². The second-order valence-electron chi connectivity index (χ2n) is 7.23. The van der Waals surface area contributed by atoms with Crippen molar-refractivity contribution in [1.82, 2.24) is 15.2 Å². The molecular formula is C21H35N3O5. The lowest BCUT2D eigenvalue weighted by Crippen LogP contribution is -2.50. The Morgan fingerprint density at radius 1 is 1.10 bits per heavy atom. The van der Waals surface area contributed by atoms with E-state index in [4.69, 9.17) is 9.47 Å². The van der Waals surface area contributed by atoms with E-state index in [0.29, 0.717) is 43.0 Å². The number of nitrogens with one attached hydrogen (secondary N) is 2. The number of rotatable bonds is 11. The minimum absolute atomic E-state index is 0.0506. The first-order valence-corrected chi connectivity index (χ1v) is 10.2. The number of Topliss-reactive ketones (excluding diaryl/α,β-unsaturated/α-hetero) is 1. The standard InChI is InChI=1S/C21H35N3O5/c1-8-28-12-10-11-24(21(27)22-13(3)4)16(7)19(25)17-14(5)18(23-15(17)6)20(26)29-9-2/h13,16,23H,8-12H2,1-7H3,(H,22,27). The van der Waals surface area contributed by atoms with Crippen LogP contribution in [0.15, 0.2) is 0 Å². The van der Waals surface area contributed by atoms with Crippen LogP contribution in [0.1, 0.15) is 73.1 Å². The monoisotopic (exact) mass is 409 g/mol. The summed E-state index contributed by atoms with van der Waals surface area (Å²) < 4.78 is 10.4. The predicted octanol–water partition coefficient (Wildman–Crippen LogP) is 3.23. The molecule has 2 N–H and O–H groups in total. The van der Waals surface area contributed by atoms with Gasteiger partial charge in [-0.05, 0) is 60.5 Å². The van der Waals surface area contributed by atoms with E-state index in [1.807, 2.05) is 20.8 Å². The number of ether oxygens (including phenoxy) is 2. The quantitative estimate of drug-likeness (QED) is 0.332. The summed E-state index contributed by atoms with van der Waals surface area (Å²) in [6.45, 7) is 14.3. The molecule has 0 aliphatic heterocycles. The van der Waals surface area contributed by atoms with Crippen molar-refractivity contribution in [3.8, 4) is 0 Å². The summed E-state index contributed by atoms with van der Waals surface area (Å²) in [6, 6.07) is -1.04. The van der Waals surface area contributed by atoms with E-state index >= 15 is 0 Å². The first-order chi connectivity index (χ1) is 13.6. The lowest BCUT2D eigenvalue weighted by atomic mass is 10.00. The maximum atomic E-state index is 13.3. The highest BCUT2D eigenvalue weighted by Gasteiger charge is 2.31. The fourth-order valence-electron chi connectivity index (χ4n) is 3.16. The van der Waals surface area contributed by atoms with Crippen LogP contribution in [0.3, 0.4) is 0 Å². The van der Waals surface area contributed by atoms with E-state index in [1.165, 1.54) is 4.90 Å². The van der Waals surface area contributed by atoms with Crippen molar-refractivity contribution < 1.29 is 23.9 Å². The number of aryl methyl sites for hydroxylation is 1. The summed E-state index contributed by atoms with van der Waals surface area (Å²) in [6.07, 6.45) is 0.621. The average Bonchev–Trinajstić information content (AvgIpc) is 2.94. The molecule has 164 valence electrons. The van der Waals surface area contributed by atoms with Crippen LogP contribution in [0.4, 0.5) is 4.79 Å². The van der Waals surface area contributed by atoms with E-state index in [9.17, 15) is 14.4 Å². The summed E-state index contributed by atoms with van der Waals surface area (Å²) in [5.74, 6) is -0.715. The third kappa shape index (κ3) is 6.59. The molecule has 0 radical (unpaired) electrons. The van der Waals surface area contributed by atoms with Gasteiger partial charge in [0.05, 0.1) is 12.6 Å². The molecule has 1 aromatic heterocycles. The number of aromatic amines is 1. The highest BCUT2D eigenvalue weighted by atomic mass is 16.5. The number of aromatic nitrogens is 1. The van der Waals surface area contributed by atoms with E-state index in [1.54, 1.807) is 27.7 Å². The number of H-pyrrole nitrogens is 1. The van der Waals surface area contributed by atoms with E-state index < -0.39 is 12.0 Å². The molecule has 1 unspecified atom stereocenters. The lowest BCUT2D eigenvalue weighted by molar-refractivity contribution is 0.0519. The Balaban J connectivity index is 3.11. The smallest absolute Gasteiger partial charge is 0.355 e. The molecule has 1 aromatic rings. The molecule has 0 aliphatic rings. The Labute approximate surface area is 173 Å². The van der Waals surface area contributed by atoms with Crippen molar-refractivity contribution in [2.75, 3.05) is 26.4 Å². The van der Waals surface area contributed by atoms with Crippen molar-refractivity contribution in [3.63, 3.8) is 0 Å². The van der Waals surface area contributed by atoms with Gasteiger partial charge in [0, 0.05) is 37.1 Å². The molecule has 0 bridgehead atoms. The minimum Gasteiger partial charge on any atom is -0.461 e. The van der Waals surface area contributed by atoms with Gasteiger partial charge in [0.2, 0.25) is 0 Å². The zero-order valence-electron chi connectivity index (χ0n) is 18.7. The number of hydrogen-bond acceptors (Lipinski definition) is 5. The van der Waals surface area contributed by atoms with Crippen LogP contribution in [0.25, 0.3) is 0 Å². The molecule has 1 heterocycles. The minimum atomic E-state index is -0.696. The Morgan fingerprint density at radius 3 is 2.31 bits per heavy atom. The Morgan fingerprint density at radius 2 is 1.76 bits per heavy atom. The van der Waals surface area contributed by atoms with Crippen LogP contribution < -0.4 is 5.32 Å². The molecule has 0 saturated carbocycles. The fourth-order valence-corrected chi connectivity index (χ4v) is 3.16. The maximum absolute atomic E-state index is 13.3. The van der Waals surface area contributed by atoms with Crippen LogP contribution in [-0.2, 0) is 9.47 Å². The topological polar surface area (TPSA) is 101 Å². The second kappa shape index (κ2) is 11.6. The van der Waals surface area contributed by atoms with Gasteiger partial charge in [-0.15, -0.1) is 0 Å². The summed E-state index contributed by atoms with van der Waals surface area (Å²) in [5.41, 5.74) is 1.82. The maximum Gasteiger partial charge on any atom is 0.355 e. The molecule has 0 aliphatic carbocycles. The molecule has 29 heavy (non-hydrogen) atoms. The summed E-state index contributed by atoms with van der Waals surface area (Å²) >= 11 is 0. The van der Waals surface area contributed by atoms with Crippen LogP contribution in [-0.4, -0.2) is 66.1 Å². The number of carbonyl (C=O) groups excluding carboxylic acids is 3. The Bertz CT molecular complexity index is 711. The highest BCUT2D eigenvalue weighted by Crippen LogP contribution is 2.22. The van der Waals surface area contributed by atoms with Crippen molar-refractivity contribution in [1.29, 1.82) is 0 Å². The third-order valence-corrected chi connectivity index (χ3v) is 4.58. The number of esters is 1. The summed E-state index contributed by atoms with van der Waals surface area (Å²) in [5, 5.41) is 2.85. The molecule has 8 heteroatoms. The second-order valence-corrected chi connectivity index (χ2v) is 7.23.